The molecule has 114 valence electrons. The van der Waals surface area contributed by atoms with E-state index in [0.717, 1.165) is 6.42 Å². The smallest absolute Gasteiger partial charge is 0.223 e. The highest BCUT2D eigenvalue weighted by Gasteiger charge is 2.37. The Bertz CT molecular complexity index is 578. The van der Waals surface area contributed by atoms with Gasteiger partial charge in [0, 0.05) is 0 Å². The van der Waals surface area contributed by atoms with Crippen LogP contribution < -0.4 is 16.4 Å². The van der Waals surface area contributed by atoms with Crippen molar-refractivity contribution in [3.63, 3.8) is 0 Å². The topological polar surface area (TPSA) is 123 Å². The highest BCUT2D eigenvalue weighted by atomic mass is 16.5. The fourth-order valence-electron chi connectivity index (χ4n) is 2.97. The van der Waals surface area contributed by atoms with Gasteiger partial charge in [-0.1, -0.05) is 0 Å². The Kier molecular flexibility index (Phi) is 3.32. The second kappa shape index (κ2) is 5.03. The minimum absolute atomic E-state index is 0.0104. The van der Waals surface area contributed by atoms with E-state index in [1.165, 1.54) is 0 Å². The number of nitrogen functional groups attached to an aromatic ring is 2. The summed E-state index contributed by atoms with van der Waals surface area (Å²) in [5, 5.41) is 8.03. The molecule has 3 heterocycles. The van der Waals surface area contributed by atoms with Crippen molar-refractivity contribution >= 4 is 23.5 Å². The van der Waals surface area contributed by atoms with E-state index in [4.69, 9.17) is 26.4 Å². The van der Waals surface area contributed by atoms with E-state index in [1.54, 1.807) is 0 Å². The van der Waals surface area contributed by atoms with Crippen molar-refractivity contribution in [1.29, 1.82) is 5.41 Å². The molecule has 3 rings (SSSR count). The van der Waals surface area contributed by atoms with E-state index in [-0.39, 0.29) is 35.9 Å². The molecule has 3 unspecified atom stereocenters. The Morgan fingerprint density at radius 3 is 2.67 bits per heavy atom. The number of fused-ring (bicyclic) bond motifs is 1. The molecule has 0 saturated carbocycles. The summed E-state index contributed by atoms with van der Waals surface area (Å²) >= 11 is 0. The average Bonchev–Trinajstić information content (AvgIpc) is 2.77. The maximum atomic E-state index is 8.03. The van der Waals surface area contributed by atoms with Crippen LogP contribution in [0.4, 0.5) is 17.6 Å². The van der Waals surface area contributed by atoms with E-state index in [9.17, 15) is 0 Å². The molecule has 5 N–H and O–H groups in total. The zero-order chi connectivity index (χ0) is 15.1. The predicted molar refractivity (Wildman–Crippen MR) is 79.4 cm³/mol. The molecule has 0 bridgehead atoms. The molecule has 1 aromatic rings. The summed E-state index contributed by atoms with van der Waals surface area (Å²) in [5.74, 6) is 0.834. The predicted octanol–water partition coefficient (Wildman–Crippen LogP) is 0.369. The van der Waals surface area contributed by atoms with E-state index in [0.29, 0.717) is 24.6 Å². The maximum absolute atomic E-state index is 8.03. The highest BCUT2D eigenvalue weighted by molar-refractivity contribution is 6.02. The summed E-state index contributed by atoms with van der Waals surface area (Å²) in [4.78, 5) is 10.4. The Morgan fingerprint density at radius 2 is 2.00 bits per heavy atom. The van der Waals surface area contributed by atoms with E-state index < -0.39 is 0 Å². The van der Waals surface area contributed by atoms with Crippen LogP contribution in [-0.2, 0) is 9.47 Å². The minimum atomic E-state index is -0.0104. The largest absolute Gasteiger partial charge is 0.475 e. The number of nitrogens with one attached hydrogen (secondary N) is 1. The fourth-order valence-corrected chi connectivity index (χ4v) is 2.97. The maximum Gasteiger partial charge on any atom is 0.223 e. The van der Waals surface area contributed by atoms with Crippen LogP contribution >= 0.6 is 0 Å². The molecule has 8 heteroatoms. The number of ether oxygens (including phenoxy) is 2. The van der Waals surface area contributed by atoms with Gasteiger partial charge < -0.3 is 25.8 Å². The van der Waals surface area contributed by atoms with Gasteiger partial charge in [-0.15, -0.1) is 0 Å². The zero-order valence-electron chi connectivity index (χ0n) is 12.2. The molecule has 8 nitrogen and oxygen atoms in total. The number of rotatable bonds is 1. The van der Waals surface area contributed by atoms with Crippen LogP contribution in [0.5, 0.6) is 0 Å². The molecule has 1 fully saturated rings. The van der Waals surface area contributed by atoms with Crippen molar-refractivity contribution in [2.45, 2.75) is 38.5 Å². The van der Waals surface area contributed by atoms with Crippen LogP contribution in [0.2, 0.25) is 0 Å². The van der Waals surface area contributed by atoms with E-state index >= 15 is 0 Å². The van der Waals surface area contributed by atoms with Gasteiger partial charge in [0.05, 0.1) is 24.8 Å². The second-order valence-electron chi connectivity index (χ2n) is 5.60. The normalized spacial score (nSPS) is 29.0. The summed E-state index contributed by atoms with van der Waals surface area (Å²) < 4.78 is 11.1. The molecule has 0 amide bonds. The molecule has 0 spiro atoms. The quantitative estimate of drug-likeness (QED) is 0.683. The third kappa shape index (κ3) is 2.35. The van der Waals surface area contributed by atoms with E-state index in [1.807, 2.05) is 13.8 Å². The second-order valence-corrected chi connectivity index (χ2v) is 5.60. The summed E-state index contributed by atoms with van der Waals surface area (Å²) in [6, 6.07) is 0.205. The summed E-state index contributed by atoms with van der Waals surface area (Å²) in [6.07, 6.45) is 1.09. The van der Waals surface area contributed by atoms with Crippen LogP contribution in [0.1, 0.15) is 25.8 Å². The molecule has 1 saturated heterocycles. The van der Waals surface area contributed by atoms with Crippen LogP contribution in [0.3, 0.4) is 0 Å². The number of hydrogen-bond acceptors (Lipinski definition) is 8. The monoisotopic (exact) mass is 292 g/mol. The SMILES string of the molecule is CC1CC(N2c3nc(N)nc(N)c3C(=N)OCC2C)CO1. The van der Waals surface area contributed by atoms with Crippen molar-refractivity contribution in [3.8, 4) is 0 Å². The van der Waals surface area contributed by atoms with Crippen molar-refractivity contribution in [2.75, 3.05) is 29.6 Å². The molecule has 3 atom stereocenters. The van der Waals surface area contributed by atoms with Gasteiger partial charge in [-0.25, -0.2) is 0 Å². The van der Waals surface area contributed by atoms with Crippen LogP contribution in [-0.4, -0.2) is 47.3 Å². The molecular formula is C13H20N6O2. The fraction of sp³-hybridized carbons (Fsp3) is 0.615. The number of nitrogens with zero attached hydrogens (tertiary/aromatic N) is 3. The van der Waals surface area contributed by atoms with Gasteiger partial charge in [-0.05, 0) is 20.3 Å². The molecule has 2 aliphatic heterocycles. The lowest BCUT2D eigenvalue weighted by Crippen LogP contribution is -2.44. The first-order valence-electron chi connectivity index (χ1n) is 7.02. The number of hydrogen-bond donors (Lipinski definition) is 3. The molecule has 21 heavy (non-hydrogen) atoms. The van der Waals surface area contributed by atoms with Gasteiger partial charge in [0.25, 0.3) is 0 Å². The van der Waals surface area contributed by atoms with Crippen molar-refractivity contribution in [1.82, 2.24) is 9.97 Å². The first kappa shape index (κ1) is 13.9. The first-order chi connectivity index (χ1) is 9.97. The van der Waals surface area contributed by atoms with Gasteiger partial charge in [0.2, 0.25) is 11.8 Å². The molecule has 0 aromatic carbocycles. The van der Waals surface area contributed by atoms with Gasteiger partial charge in [0.1, 0.15) is 23.8 Å². The molecule has 2 aliphatic rings. The highest BCUT2D eigenvalue weighted by Crippen LogP contribution is 2.33. The lowest BCUT2D eigenvalue weighted by molar-refractivity contribution is 0.122. The Balaban J connectivity index is 2.10. The Hall–Kier alpha value is -2.09. The summed E-state index contributed by atoms with van der Waals surface area (Å²) in [7, 11) is 0. The molecule has 0 radical (unpaired) electrons. The van der Waals surface area contributed by atoms with Gasteiger partial charge in [-0.2, -0.15) is 9.97 Å². The number of aromatic nitrogens is 2. The molecular weight excluding hydrogens is 272 g/mol. The third-order valence-corrected chi connectivity index (χ3v) is 3.92. The van der Waals surface area contributed by atoms with Crippen LogP contribution in [0.25, 0.3) is 0 Å². The van der Waals surface area contributed by atoms with E-state index in [2.05, 4.69) is 14.9 Å². The Morgan fingerprint density at radius 1 is 1.24 bits per heavy atom. The third-order valence-electron chi connectivity index (χ3n) is 3.92. The Labute approximate surface area is 122 Å². The lowest BCUT2D eigenvalue weighted by atomic mass is 10.1. The molecule has 1 aromatic heterocycles. The van der Waals surface area contributed by atoms with Gasteiger partial charge in [0.15, 0.2) is 0 Å². The van der Waals surface area contributed by atoms with Gasteiger partial charge >= 0.3 is 0 Å². The molecule has 0 aliphatic carbocycles. The minimum Gasteiger partial charge on any atom is -0.475 e. The number of anilines is 3. The summed E-state index contributed by atoms with van der Waals surface area (Å²) in [5.41, 5.74) is 12.1. The average molecular weight is 292 g/mol. The zero-order valence-corrected chi connectivity index (χ0v) is 12.2. The van der Waals surface area contributed by atoms with Crippen molar-refractivity contribution in [2.24, 2.45) is 0 Å². The van der Waals surface area contributed by atoms with Crippen LogP contribution in [0, 0.1) is 5.41 Å². The van der Waals surface area contributed by atoms with Crippen molar-refractivity contribution < 1.29 is 9.47 Å². The van der Waals surface area contributed by atoms with Gasteiger partial charge in [-0.3, -0.25) is 5.41 Å². The first-order valence-corrected chi connectivity index (χ1v) is 7.02. The van der Waals surface area contributed by atoms with Crippen molar-refractivity contribution in [3.05, 3.63) is 5.56 Å². The standard InChI is InChI=1S/C13H20N6O2/c1-6-4-21-11(15)9-10(14)17-13(16)18-12(9)19(6)8-3-7(2)20-5-8/h6-8,15H,3-5H2,1-2H3,(H4,14,16,17,18). The lowest BCUT2D eigenvalue weighted by Gasteiger charge is -2.33. The number of nitrogens with two attached hydrogens (primary N) is 2. The van der Waals surface area contributed by atoms with Crippen LogP contribution in [0.15, 0.2) is 0 Å². The summed E-state index contributed by atoms with van der Waals surface area (Å²) in [6.45, 7) is 5.08.